The molecule has 4 rings (SSSR count). The van der Waals surface area contributed by atoms with Gasteiger partial charge in [-0.3, -0.25) is 9.69 Å². The Morgan fingerprint density at radius 1 is 1.06 bits per heavy atom. The minimum absolute atomic E-state index is 0.0821. The second kappa shape index (κ2) is 11.0. The van der Waals surface area contributed by atoms with E-state index in [1.54, 1.807) is 6.92 Å². The van der Waals surface area contributed by atoms with Crippen LogP contribution in [0.25, 0.3) is 0 Å². The summed E-state index contributed by atoms with van der Waals surface area (Å²) >= 11 is 6.41. The fourth-order valence-corrected chi connectivity index (χ4v) is 4.85. The molecular formula is C28H30ClFN2O. The Hall–Kier alpha value is -2.69. The molecule has 3 aromatic rings. The molecule has 5 heteroatoms. The number of rotatable bonds is 7. The van der Waals surface area contributed by atoms with Crippen molar-refractivity contribution in [3.05, 3.63) is 106 Å². The molecule has 33 heavy (non-hydrogen) atoms. The van der Waals surface area contributed by atoms with Crippen LogP contribution in [-0.2, 0) is 17.8 Å². The summed E-state index contributed by atoms with van der Waals surface area (Å²) in [6.45, 7) is 4.58. The number of halogens is 2. The van der Waals surface area contributed by atoms with Crippen LogP contribution < -0.4 is 5.32 Å². The molecule has 0 radical (unpaired) electrons. The van der Waals surface area contributed by atoms with Crippen molar-refractivity contribution >= 4 is 17.5 Å². The molecule has 1 N–H and O–H groups in total. The number of nitrogens with one attached hydrogen (secondary N) is 1. The summed E-state index contributed by atoms with van der Waals surface area (Å²) < 4.78 is 13.9. The third-order valence-electron chi connectivity index (χ3n) is 6.46. The zero-order valence-electron chi connectivity index (χ0n) is 18.9. The highest BCUT2D eigenvalue weighted by molar-refractivity contribution is 6.31. The molecule has 0 bridgehead atoms. The van der Waals surface area contributed by atoms with Gasteiger partial charge in [0.1, 0.15) is 5.82 Å². The normalized spacial score (nSPS) is 18.8. The second-order valence-electron chi connectivity index (χ2n) is 8.95. The lowest BCUT2D eigenvalue weighted by molar-refractivity contribution is -0.127. The number of aryl methyl sites for hydroxylation is 1. The Balaban J connectivity index is 1.47. The monoisotopic (exact) mass is 464 g/mol. The van der Waals surface area contributed by atoms with Crippen molar-refractivity contribution in [2.24, 2.45) is 5.92 Å². The number of amides is 1. The first-order valence-corrected chi connectivity index (χ1v) is 11.9. The topological polar surface area (TPSA) is 32.3 Å². The van der Waals surface area contributed by atoms with E-state index in [0.29, 0.717) is 25.2 Å². The summed E-state index contributed by atoms with van der Waals surface area (Å²) in [6.07, 6.45) is 1.56. The van der Waals surface area contributed by atoms with E-state index in [4.69, 9.17) is 11.6 Å². The Bertz CT molecular complexity index is 1090. The van der Waals surface area contributed by atoms with Crippen molar-refractivity contribution in [3.63, 3.8) is 0 Å². The predicted molar refractivity (Wildman–Crippen MR) is 132 cm³/mol. The minimum Gasteiger partial charge on any atom is -0.355 e. The fraction of sp³-hybridized carbons (Fsp3) is 0.321. The van der Waals surface area contributed by atoms with Gasteiger partial charge in [0.05, 0.1) is 5.92 Å². The van der Waals surface area contributed by atoms with Crippen molar-refractivity contribution in [3.8, 4) is 0 Å². The number of benzene rings is 3. The smallest absolute Gasteiger partial charge is 0.224 e. The molecule has 1 aliphatic heterocycles. The van der Waals surface area contributed by atoms with Gasteiger partial charge in [-0.1, -0.05) is 72.3 Å². The molecule has 172 valence electrons. The van der Waals surface area contributed by atoms with Crippen LogP contribution in [0, 0.1) is 18.7 Å². The maximum Gasteiger partial charge on any atom is 0.224 e. The first kappa shape index (κ1) is 23.5. The third kappa shape index (κ3) is 6.21. The number of likely N-dealkylation sites (tertiary alicyclic amines) is 1. The lowest BCUT2D eigenvalue weighted by Gasteiger charge is -2.37. The molecule has 1 aliphatic rings. The summed E-state index contributed by atoms with van der Waals surface area (Å²) in [5, 5.41) is 3.87. The average molecular weight is 465 g/mol. The summed E-state index contributed by atoms with van der Waals surface area (Å²) in [4.78, 5) is 15.4. The van der Waals surface area contributed by atoms with Crippen LogP contribution >= 0.6 is 11.6 Å². The first-order valence-electron chi connectivity index (χ1n) is 11.5. The van der Waals surface area contributed by atoms with Crippen molar-refractivity contribution in [2.45, 2.75) is 32.2 Å². The van der Waals surface area contributed by atoms with Crippen molar-refractivity contribution in [2.75, 3.05) is 19.6 Å². The largest absolute Gasteiger partial charge is 0.355 e. The molecule has 3 aromatic carbocycles. The third-order valence-corrected chi connectivity index (χ3v) is 6.83. The number of carbonyl (C=O) groups is 1. The maximum absolute atomic E-state index is 13.9. The molecule has 1 fully saturated rings. The zero-order valence-corrected chi connectivity index (χ0v) is 19.7. The van der Waals surface area contributed by atoms with E-state index in [-0.39, 0.29) is 23.6 Å². The predicted octanol–water partition coefficient (Wildman–Crippen LogP) is 5.75. The van der Waals surface area contributed by atoms with Gasteiger partial charge >= 0.3 is 0 Å². The Kier molecular flexibility index (Phi) is 7.79. The van der Waals surface area contributed by atoms with Gasteiger partial charge in [-0.2, -0.15) is 0 Å². The average Bonchev–Trinajstić information content (AvgIpc) is 2.83. The second-order valence-corrected chi connectivity index (χ2v) is 9.36. The molecular weight excluding hydrogens is 435 g/mol. The SMILES string of the molecule is Cc1cc([C@@H]2C[C@H](C(=O)NCCc3ccccc3)CN(Cc3ccccc3Cl)C2)ccc1F. The first-order chi connectivity index (χ1) is 16.0. The van der Waals surface area contributed by atoms with Crippen molar-refractivity contribution in [1.29, 1.82) is 0 Å². The van der Waals surface area contributed by atoms with E-state index in [2.05, 4.69) is 22.3 Å². The van der Waals surface area contributed by atoms with Gasteiger partial charge in [0, 0.05) is 31.2 Å². The number of hydrogen-bond acceptors (Lipinski definition) is 2. The number of piperidine rings is 1. The Labute approximate surface area is 200 Å². The number of hydrogen-bond donors (Lipinski definition) is 1. The summed E-state index contributed by atoms with van der Waals surface area (Å²) in [7, 11) is 0. The summed E-state index contributed by atoms with van der Waals surface area (Å²) in [5.41, 5.74) is 3.99. The highest BCUT2D eigenvalue weighted by atomic mass is 35.5. The number of nitrogens with zero attached hydrogens (tertiary/aromatic N) is 1. The van der Waals surface area contributed by atoms with Crippen LogP contribution in [0.5, 0.6) is 0 Å². The minimum atomic E-state index is -0.197. The van der Waals surface area contributed by atoms with Gasteiger partial charge in [-0.15, -0.1) is 0 Å². The van der Waals surface area contributed by atoms with E-state index in [1.165, 1.54) is 11.6 Å². The van der Waals surface area contributed by atoms with Gasteiger partial charge in [-0.05, 0) is 60.1 Å². The Morgan fingerprint density at radius 3 is 2.58 bits per heavy atom. The molecule has 0 unspecified atom stereocenters. The molecule has 1 saturated heterocycles. The summed E-state index contributed by atoms with van der Waals surface area (Å²) in [6, 6.07) is 23.3. The molecule has 0 aliphatic carbocycles. The van der Waals surface area contributed by atoms with Crippen LogP contribution in [0.3, 0.4) is 0 Å². The van der Waals surface area contributed by atoms with Gasteiger partial charge in [0.2, 0.25) is 5.91 Å². The van der Waals surface area contributed by atoms with E-state index >= 15 is 0 Å². The molecule has 3 nitrogen and oxygen atoms in total. The van der Waals surface area contributed by atoms with Crippen molar-refractivity contribution in [1.82, 2.24) is 10.2 Å². The van der Waals surface area contributed by atoms with E-state index in [1.807, 2.05) is 54.6 Å². The van der Waals surface area contributed by atoms with E-state index in [9.17, 15) is 9.18 Å². The zero-order chi connectivity index (χ0) is 23.2. The standard InChI is InChI=1S/C28H30ClFN2O/c1-20-15-22(11-12-27(20)30)24-16-25(28(33)31-14-13-21-7-3-2-4-8-21)19-32(18-24)17-23-9-5-6-10-26(23)29/h2-12,15,24-25H,13-14,16-19H2,1H3,(H,31,33)/t24-,25+/m1/s1. The molecule has 1 amide bonds. The highest BCUT2D eigenvalue weighted by Crippen LogP contribution is 2.33. The number of carbonyl (C=O) groups excluding carboxylic acids is 1. The van der Waals surface area contributed by atoms with Gasteiger partial charge in [-0.25, -0.2) is 4.39 Å². The van der Waals surface area contributed by atoms with Gasteiger partial charge in [0.15, 0.2) is 0 Å². The van der Waals surface area contributed by atoms with Gasteiger partial charge in [0.25, 0.3) is 0 Å². The van der Waals surface area contributed by atoms with Crippen LogP contribution in [0.4, 0.5) is 4.39 Å². The molecule has 0 aromatic heterocycles. The molecule has 0 saturated carbocycles. The highest BCUT2D eigenvalue weighted by Gasteiger charge is 2.32. The van der Waals surface area contributed by atoms with Crippen LogP contribution in [0.2, 0.25) is 5.02 Å². The van der Waals surface area contributed by atoms with Crippen molar-refractivity contribution < 1.29 is 9.18 Å². The van der Waals surface area contributed by atoms with Crippen LogP contribution in [0.15, 0.2) is 72.8 Å². The van der Waals surface area contributed by atoms with E-state index < -0.39 is 0 Å². The quantitative estimate of drug-likeness (QED) is 0.482. The van der Waals surface area contributed by atoms with E-state index in [0.717, 1.165) is 35.5 Å². The lowest BCUT2D eigenvalue weighted by atomic mass is 9.83. The van der Waals surface area contributed by atoms with Crippen LogP contribution in [0.1, 0.15) is 34.6 Å². The maximum atomic E-state index is 13.9. The molecule has 1 heterocycles. The van der Waals surface area contributed by atoms with Gasteiger partial charge < -0.3 is 5.32 Å². The Morgan fingerprint density at radius 2 is 1.82 bits per heavy atom. The lowest BCUT2D eigenvalue weighted by Crippen LogP contribution is -2.45. The fourth-order valence-electron chi connectivity index (χ4n) is 4.66. The summed E-state index contributed by atoms with van der Waals surface area (Å²) in [5.74, 6) is -0.0888. The molecule has 0 spiro atoms. The van der Waals surface area contributed by atoms with Crippen LogP contribution in [-0.4, -0.2) is 30.4 Å². The molecule has 2 atom stereocenters.